The van der Waals surface area contributed by atoms with Gasteiger partial charge >= 0.3 is 0 Å². The molecule has 0 amide bonds. The first-order valence-corrected chi connectivity index (χ1v) is 5.67. The zero-order valence-corrected chi connectivity index (χ0v) is 9.61. The number of aromatic nitrogens is 2. The van der Waals surface area contributed by atoms with Gasteiger partial charge in [-0.1, -0.05) is 0 Å². The highest BCUT2D eigenvalue weighted by Gasteiger charge is 2.18. The van der Waals surface area contributed by atoms with Gasteiger partial charge in [0.2, 0.25) is 0 Å². The highest BCUT2D eigenvalue weighted by Crippen LogP contribution is 2.21. The Morgan fingerprint density at radius 1 is 1.40 bits per heavy atom. The van der Waals surface area contributed by atoms with E-state index in [1.165, 1.54) is 17.8 Å². The molecule has 0 spiro atoms. The van der Waals surface area contributed by atoms with E-state index in [0.717, 1.165) is 25.9 Å². The second-order valence-corrected chi connectivity index (χ2v) is 4.45. The zero-order valence-electron chi connectivity index (χ0n) is 9.61. The highest BCUT2D eigenvalue weighted by atomic mass is 15.4. The topological polar surface area (TPSA) is 47.1 Å². The van der Waals surface area contributed by atoms with E-state index in [-0.39, 0.29) is 0 Å². The SMILES string of the molecule is Cc1cnn(C)c1N1CCC[C@@H](N)CC1. The summed E-state index contributed by atoms with van der Waals surface area (Å²) in [4.78, 5) is 2.41. The van der Waals surface area contributed by atoms with Gasteiger partial charge in [-0.2, -0.15) is 5.10 Å². The number of aryl methyl sites for hydroxylation is 2. The Labute approximate surface area is 91.1 Å². The van der Waals surface area contributed by atoms with Crippen LogP contribution in [0.4, 0.5) is 5.82 Å². The van der Waals surface area contributed by atoms with E-state index in [1.54, 1.807) is 0 Å². The summed E-state index contributed by atoms with van der Waals surface area (Å²) in [7, 11) is 2.01. The Balaban J connectivity index is 2.16. The van der Waals surface area contributed by atoms with Gasteiger partial charge in [-0.25, -0.2) is 0 Å². The minimum absolute atomic E-state index is 0.378. The molecule has 0 radical (unpaired) electrons. The van der Waals surface area contributed by atoms with Gasteiger partial charge in [0.05, 0.1) is 6.20 Å². The van der Waals surface area contributed by atoms with Gasteiger partial charge in [-0.15, -0.1) is 0 Å². The van der Waals surface area contributed by atoms with E-state index in [0.29, 0.717) is 6.04 Å². The number of rotatable bonds is 1. The van der Waals surface area contributed by atoms with Crippen molar-refractivity contribution in [3.05, 3.63) is 11.8 Å². The molecule has 1 saturated heterocycles. The summed E-state index contributed by atoms with van der Waals surface area (Å²) in [5.41, 5.74) is 7.23. The Morgan fingerprint density at radius 3 is 2.87 bits per heavy atom. The summed E-state index contributed by atoms with van der Waals surface area (Å²) in [5.74, 6) is 1.25. The lowest BCUT2D eigenvalue weighted by atomic mass is 10.1. The Kier molecular flexibility index (Phi) is 2.95. The van der Waals surface area contributed by atoms with E-state index in [2.05, 4.69) is 16.9 Å². The standard InChI is InChI=1S/C11H20N4/c1-9-8-13-14(2)11(9)15-6-3-4-10(12)5-7-15/h8,10H,3-7,12H2,1-2H3/t10-/m1/s1. The number of nitrogens with two attached hydrogens (primary N) is 1. The molecule has 0 saturated carbocycles. The molecule has 2 rings (SSSR count). The average Bonchev–Trinajstić information content (AvgIpc) is 2.41. The first-order valence-electron chi connectivity index (χ1n) is 5.67. The van der Waals surface area contributed by atoms with Crippen molar-refractivity contribution in [3.8, 4) is 0 Å². The molecule has 1 atom stereocenters. The largest absolute Gasteiger partial charge is 0.357 e. The third-order valence-corrected chi connectivity index (χ3v) is 3.16. The number of nitrogens with zero attached hydrogens (tertiary/aromatic N) is 3. The van der Waals surface area contributed by atoms with Gasteiger partial charge < -0.3 is 10.6 Å². The molecule has 1 fully saturated rings. The van der Waals surface area contributed by atoms with E-state index in [4.69, 9.17) is 5.73 Å². The summed E-state index contributed by atoms with van der Waals surface area (Å²) in [6, 6.07) is 0.378. The van der Waals surface area contributed by atoms with Crippen LogP contribution in [0.5, 0.6) is 0 Å². The number of hydrogen-bond acceptors (Lipinski definition) is 3. The van der Waals surface area contributed by atoms with Crippen LogP contribution in [0.15, 0.2) is 6.20 Å². The molecule has 1 aromatic rings. The van der Waals surface area contributed by atoms with E-state index in [1.807, 2.05) is 17.9 Å². The quantitative estimate of drug-likeness (QED) is 0.750. The van der Waals surface area contributed by atoms with Crippen LogP contribution in [0, 0.1) is 6.92 Å². The minimum Gasteiger partial charge on any atom is -0.357 e. The number of hydrogen-bond donors (Lipinski definition) is 1. The van der Waals surface area contributed by atoms with E-state index < -0.39 is 0 Å². The van der Waals surface area contributed by atoms with Crippen LogP contribution in [0.1, 0.15) is 24.8 Å². The van der Waals surface area contributed by atoms with Crippen molar-refractivity contribution in [3.63, 3.8) is 0 Å². The fraction of sp³-hybridized carbons (Fsp3) is 0.727. The van der Waals surface area contributed by atoms with Crippen LogP contribution in [0.25, 0.3) is 0 Å². The second-order valence-electron chi connectivity index (χ2n) is 4.45. The van der Waals surface area contributed by atoms with Crippen LogP contribution < -0.4 is 10.6 Å². The molecule has 0 bridgehead atoms. The van der Waals surface area contributed by atoms with Gasteiger partial charge in [0.15, 0.2) is 0 Å². The zero-order chi connectivity index (χ0) is 10.8. The third-order valence-electron chi connectivity index (χ3n) is 3.16. The molecule has 4 nitrogen and oxygen atoms in total. The number of anilines is 1. The summed E-state index contributed by atoms with van der Waals surface area (Å²) in [5, 5.41) is 4.28. The normalized spacial score (nSPS) is 22.9. The van der Waals surface area contributed by atoms with Gasteiger partial charge in [-0.05, 0) is 26.2 Å². The fourth-order valence-corrected chi connectivity index (χ4v) is 2.33. The summed E-state index contributed by atoms with van der Waals surface area (Å²) >= 11 is 0. The summed E-state index contributed by atoms with van der Waals surface area (Å²) in [6.07, 6.45) is 5.35. The van der Waals surface area contributed by atoms with Gasteiger partial charge in [0.25, 0.3) is 0 Å². The molecule has 0 aliphatic carbocycles. The first kappa shape index (κ1) is 10.5. The molecular weight excluding hydrogens is 188 g/mol. The van der Waals surface area contributed by atoms with Crippen LogP contribution in [-0.4, -0.2) is 28.9 Å². The molecule has 0 aromatic carbocycles. The van der Waals surface area contributed by atoms with Crippen molar-refractivity contribution in [2.75, 3.05) is 18.0 Å². The first-order chi connectivity index (χ1) is 7.18. The van der Waals surface area contributed by atoms with Crippen LogP contribution in [-0.2, 0) is 7.05 Å². The highest BCUT2D eigenvalue weighted by molar-refractivity contribution is 5.46. The van der Waals surface area contributed by atoms with Crippen molar-refractivity contribution in [2.24, 2.45) is 12.8 Å². The smallest absolute Gasteiger partial charge is 0.129 e. The maximum atomic E-state index is 5.98. The monoisotopic (exact) mass is 208 g/mol. The molecule has 84 valence electrons. The van der Waals surface area contributed by atoms with Crippen molar-refractivity contribution < 1.29 is 0 Å². The average molecular weight is 208 g/mol. The fourth-order valence-electron chi connectivity index (χ4n) is 2.33. The van der Waals surface area contributed by atoms with Gasteiger partial charge in [0.1, 0.15) is 5.82 Å². The molecule has 1 aliphatic rings. The van der Waals surface area contributed by atoms with Crippen LogP contribution in [0.3, 0.4) is 0 Å². The molecule has 15 heavy (non-hydrogen) atoms. The lowest BCUT2D eigenvalue weighted by molar-refractivity contribution is 0.601. The maximum absolute atomic E-state index is 5.98. The predicted octanol–water partition coefficient (Wildman–Crippen LogP) is 1.05. The summed E-state index contributed by atoms with van der Waals surface area (Å²) in [6.45, 7) is 4.28. The predicted molar refractivity (Wildman–Crippen MR) is 62.0 cm³/mol. The minimum atomic E-state index is 0.378. The Bertz CT molecular complexity index is 312. The van der Waals surface area contributed by atoms with Crippen LogP contribution >= 0.6 is 0 Å². The second kappa shape index (κ2) is 4.23. The third kappa shape index (κ3) is 2.15. The molecule has 1 aliphatic heterocycles. The maximum Gasteiger partial charge on any atom is 0.129 e. The summed E-state index contributed by atoms with van der Waals surface area (Å²) < 4.78 is 1.96. The molecule has 1 aromatic heterocycles. The van der Waals surface area contributed by atoms with Gasteiger partial charge in [-0.3, -0.25) is 4.68 Å². The molecule has 4 heteroatoms. The van der Waals surface area contributed by atoms with Crippen molar-refractivity contribution in [1.82, 2.24) is 9.78 Å². The molecule has 2 N–H and O–H groups in total. The van der Waals surface area contributed by atoms with Crippen molar-refractivity contribution in [1.29, 1.82) is 0 Å². The van der Waals surface area contributed by atoms with Crippen molar-refractivity contribution in [2.45, 2.75) is 32.2 Å². The lowest BCUT2D eigenvalue weighted by Crippen LogP contribution is -2.28. The molecule has 2 heterocycles. The molecular formula is C11H20N4. The molecule has 0 unspecified atom stereocenters. The Hall–Kier alpha value is -1.03. The van der Waals surface area contributed by atoms with Crippen molar-refractivity contribution >= 4 is 5.82 Å². The van der Waals surface area contributed by atoms with Gasteiger partial charge in [0, 0.05) is 31.7 Å². The Morgan fingerprint density at radius 2 is 2.20 bits per heavy atom. The lowest BCUT2D eigenvalue weighted by Gasteiger charge is -2.23. The van der Waals surface area contributed by atoms with E-state index in [9.17, 15) is 0 Å². The van der Waals surface area contributed by atoms with E-state index >= 15 is 0 Å². The van der Waals surface area contributed by atoms with Crippen LogP contribution in [0.2, 0.25) is 0 Å².